The molecule has 7 nitrogen and oxygen atoms in total. The Balaban J connectivity index is 1.52. The summed E-state index contributed by atoms with van der Waals surface area (Å²) < 4.78 is 12.9. The molecule has 2 N–H and O–H groups in total. The van der Waals surface area contributed by atoms with E-state index in [1.54, 1.807) is 20.4 Å². The fourth-order valence-electron chi connectivity index (χ4n) is 3.10. The van der Waals surface area contributed by atoms with Gasteiger partial charge in [-0.1, -0.05) is 24.3 Å². The summed E-state index contributed by atoms with van der Waals surface area (Å²) in [6.45, 7) is 4.69. The number of nitrogens with one attached hydrogen (secondary N) is 2. The molecule has 0 fully saturated rings. The molecule has 0 aliphatic carbocycles. The van der Waals surface area contributed by atoms with Gasteiger partial charge < -0.3 is 20.1 Å². The predicted molar refractivity (Wildman–Crippen MR) is 124 cm³/mol. The van der Waals surface area contributed by atoms with Gasteiger partial charge in [0.05, 0.1) is 12.3 Å². The maximum absolute atomic E-state index is 5.97. The zero-order chi connectivity index (χ0) is 21.9. The van der Waals surface area contributed by atoms with Gasteiger partial charge >= 0.3 is 0 Å². The number of ether oxygens (including phenoxy) is 2. The lowest BCUT2D eigenvalue weighted by atomic mass is 10.1. The van der Waals surface area contributed by atoms with Crippen LogP contribution in [0.3, 0.4) is 0 Å². The third-order valence-electron chi connectivity index (χ3n) is 4.81. The summed E-state index contributed by atoms with van der Waals surface area (Å²) in [5.41, 5.74) is 4.46. The second-order valence-electron chi connectivity index (χ2n) is 7.20. The highest BCUT2D eigenvalue weighted by Gasteiger charge is 2.06. The fourth-order valence-corrected chi connectivity index (χ4v) is 3.10. The van der Waals surface area contributed by atoms with Crippen molar-refractivity contribution in [1.29, 1.82) is 0 Å². The molecule has 0 aliphatic rings. The molecule has 0 radical (unpaired) electrons. The Hall–Kier alpha value is -3.32. The highest BCUT2D eigenvalue weighted by Crippen LogP contribution is 2.20. The highest BCUT2D eigenvalue weighted by molar-refractivity contribution is 5.79. The van der Waals surface area contributed by atoms with Crippen LogP contribution in [0.15, 0.2) is 65.9 Å². The van der Waals surface area contributed by atoms with Crippen molar-refractivity contribution in [2.75, 3.05) is 27.4 Å². The number of hydrogen-bond acceptors (Lipinski definition) is 4. The van der Waals surface area contributed by atoms with Crippen molar-refractivity contribution in [3.8, 4) is 11.4 Å². The molecule has 7 heteroatoms. The smallest absolute Gasteiger partial charge is 0.191 e. The number of hydrogen-bond donors (Lipinski definition) is 2. The van der Waals surface area contributed by atoms with Gasteiger partial charge in [0, 0.05) is 58.2 Å². The van der Waals surface area contributed by atoms with Crippen molar-refractivity contribution in [1.82, 2.24) is 20.4 Å². The Morgan fingerprint density at radius 3 is 2.58 bits per heavy atom. The maximum atomic E-state index is 5.97. The van der Waals surface area contributed by atoms with Crippen LogP contribution in [0.4, 0.5) is 0 Å². The molecule has 1 aromatic heterocycles. The van der Waals surface area contributed by atoms with E-state index in [9.17, 15) is 0 Å². The van der Waals surface area contributed by atoms with Gasteiger partial charge in [-0.15, -0.1) is 0 Å². The van der Waals surface area contributed by atoms with Crippen LogP contribution in [-0.4, -0.2) is 43.1 Å². The number of guanidine groups is 1. The van der Waals surface area contributed by atoms with Gasteiger partial charge in [0.15, 0.2) is 5.96 Å². The standard InChI is InChI=1S/C24H31N5O2/c1-19-6-9-21(23(16-19)31-15-5-14-30-3)18-27-24(25-2)26-17-20-7-10-22(11-8-20)29-13-4-12-28-29/h4,6-13,16H,5,14-15,17-18H2,1-3H3,(H2,25,26,27). The maximum Gasteiger partial charge on any atom is 0.191 e. The Labute approximate surface area is 184 Å². The fraction of sp³-hybridized carbons (Fsp3) is 0.333. The molecule has 0 saturated heterocycles. The van der Waals surface area contributed by atoms with Gasteiger partial charge in [-0.25, -0.2) is 4.68 Å². The summed E-state index contributed by atoms with van der Waals surface area (Å²) in [6.07, 6.45) is 4.56. The molecular formula is C24H31N5O2. The van der Waals surface area contributed by atoms with E-state index in [1.807, 2.05) is 16.9 Å². The normalized spacial score (nSPS) is 11.4. The van der Waals surface area contributed by atoms with Gasteiger partial charge in [-0.2, -0.15) is 5.10 Å². The van der Waals surface area contributed by atoms with E-state index >= 15 is 0 Å². The number of benzene rings is 2. The molecule has 0 amide bonds. The van der Waals surface area contributed by atoms with Crippen molar-refractivity contribution in [3.63, 3.8) is 0 Å². The lowest BCUT2D eigenvalue weighted by molar-refractivity contribution is 0.171. The molecule has 0 bridgehead atoms. The molecule has 0 saturated carbocycles. The number of methoxy groups -OCH3 is 1. The summed E-state index contributed by atoms with van der Waals surface area (Å²) in [6, 6.07) is 16.5. The van der Waals surface area contributed by atoms with Gasteiger partial charge in [-0.05, 0) is 42.3 Å². The number of nitrogens with zero attached hydrogens (tertiary/aromatic N) is 3. The van der Waals surface area contributed by atoms with Gasteiger partial charge in [0.2, 0.25) is 0 Å². The molecule has 0 aliphatic heterocycles. The summed E-state index contributed by atoms with van der Waals surface area (Å²) in [5.74, 6) is 1.63. The Morgan fingerprint density at radius 1 is 1.06 bits per heavy atom. The Kier molecular flexibility index (Phi) is 8.48. The van der Waals surface area contributed by atoms with Gasteiger partial charge in [0.1, 0.15) is 5.75 Å². The minimum Gasteiger partial charge on any atom is -0.493 e. The van der Waals surface area contributed by atoms with Crippen LogP contribution in [0.25, 0.3) is 5.69 Å². The summed E-state index contributed by atoms with van der Waals surface area (Å²) in [5, 5.41) is 11.0. The molecule has 0 atom stereocenters. The van der Waals surface area contributed by atoms with Crippen molar-refractivity contribution < 1.29 is 9.47 Å². The average Bonchev–Trinajstić information content (AvgIpc) is 3.33. The van der Waals surface area contributed by atoms with E-state index in [0.717, 1.165) is 34.9 Å². The van der Waals surface area contributed by atoms with E-state index in [-0.39, 0.29) is 0 Å². The quantitative estimate of drug-likeness (QED) is 0.298. The molecular weight excluding hydrogens is 390 g/mol. The SMILES string of the molecule is CN=C(NCc1ccc(-n2cccn2)cc1)NCc1ccc(C)cc1OCCCOC. The number of aliphatic imine (C=N–C) groups is 1. The van der Waals surface area contributed by atoms with E-state index in [2.05, 4.69) is 70.1 Å². The zero-order valence-electron chi connectivity index (χ0n) is 18.5. The third-order valence-corrected chi connectivity index (χ3v) is 4.81. The first-order valence-electron chi connectivity index (χ1n) is 10.4. The molecule has 3 aromatic rings. The lowest BCUT2D eigenvalue weighted by Gasteiger charge is -2.16. The van der Waals surface area contributed by atoms with Crippen LogP contribution in [0, 0.1) is 6.92 Å². The lowest BCUT2D eigenvalue weighted by Crippen LogP contribution is -2.36. The number of rotatable bonds is 10. The largest absolute Gasteiger partial charge is 0.493 e. The predicted octanol–water partition coefficient (Wildman–Crippen LogP) is 3.46. The van der Waals surface area contributed by atoms with E-state index in [4.69, 9.17) is 9.47 Å². The Bertz CT molecular complexity index is 953. The van der Waals surface area contributed by atoms with Gasteiger partial charge in [-0.3, -0.25) is 4.99 Å². The van der Waals surface area contributed by atoms with Crippen molar-refractivity contribution in [2.24, 2.45) is 4.99 Å². The minimum atomic E-state index is 0.623. The number of aryl methyl sites for hydroxylation is 1. The molecule has 3 rings (SSSR count). The van der Waals surface area contributed by atoms with Crippen molar-refractivity contribution in [2.45, 2.75) is 26.4 Å². The van der Waals surface area contributed by atoms with Gasteiger partial charge in [0.25, 0.3) is 0 Å². The minimum absolute atomic E-state index is 0.623. The number of aromatic nitrogens is 2. The van der Waals surface area contributed by atoms with E-state index in [0.29, 0.717) is 26.3 Å². The van der Waals surface area contributed by atoms with Crippen LogP contribution in [0.2, 0.25) is 0 Å². The highest BCUT2D eigenvalue weighted by atomic mass is 16.5. The molecule has 2 aromatic carbocycles. The topological polar surface area (TPSA) is 72.7 Å². The molecule has 1 heterocycles. The first kappa shape index (κ1) is 22.4. The molecule has 31 heavy (non-hydrogen) atoms. The van der Waals surface area contributed by atoms with Crippen LogP contribution in [0.1, 0.15) is 23.1 Å². The average molecular weight is 422 g/mol. The summed E-state index contributed by atoms with van der Waals surface area (Å²) in [7, 11) is 3.47. The summed E-state index contributed by atoms with van der Waals surface area (Å²) in [4.78, 5) is 4.33. The molecule has 0 spiro atoms. The van der Waals surface area contributed by atoms with E-state index in [1.165, 1.54) is 5.56 Å². The second kappa shape index (κ2) is 11.8. The van der Waals surface area contributed by atoms with Crippen LogP contribution >= 0.6 is 0 Å². The first-order valence-corrected chi connectivity index (χ1v) is 10.4. The molecule has 0 unspecified atom stereocenters. The van der Waals surface area contributed by atoms with Crippen LogP contribution < -0.4 is 15.4 Å². The third kappa shape index (κ3) is 6.86. The zero-order valence-corrected chi connectivity index (χ0v) is 18.5. The monoisotopic (exact) mass is 421 g/mol. The van der Waals surface area contributed by atoms with Crippen LogP contribution in [0.5, 0.6) is 5.75 Å². The molecule has 164 valence electrons. The van der Waals surface area contributed by atoms with Crippen LogP contribution in [-0.2, 0) is 17.8 Å². The first-order chi connectivity index (χ1) is 15.2. The Morgan fingerprint density at radius 2 is 1.87 bits per heavy atom. The van der Waals surface area contributed by atoms with Crippen molar-refractivity contribution in [3.05, 3.63) is 77.6 Å². The van der Waals surface area contributed by atoms with E-state index < -0.39 is 0 Å². The second-order valence-corrected chi connectivity index (χ2v) is 7.20. The van der Waals surface area contributed by atoms with Crippen molar-refractivity contribution >= 4 is 5.96 Å². The summed E-state index contributed by atoms with van der Waals surface area (Å²) >= 11 is 0.